The van der Waals surface area contributed by atoms with Crippen LogP contribution in [0.1, 0.15) is 33.1 Å². The summed E-state index contributed by atoms with van der Waals surface area (Å²) in [4.78, 5) is 0. The van der Waals surface area contributed by atoms with Crippen molar-refractivity contribution in [1.29, 1.82) is 0 Å². The number of nitrogens with one attached hydrogen (secondary N) is 1. The topological polar surface area (TPSA) is 12.0 Å². The quantitative estimate of drug-likeness (QED) is 0.454. The van der Waals surface area contributed by atoms with E-state index in [1.165, 1.54) is 24.3 Å². The maximum Gasteiger partial charge on any atom is 0.00465 e. The SMILES string of the molecule is C=CCCCNC(C)CCSCC. The molecule has 0 fully saturated rings. The Hall–Kier alpha value is 0.0500. The van der Waals surface area contributed by atoms with E-state index in [1.807, 2.05) is 17.8 Å². The van der Waals surface area contributed by atoms with Crippen molar-refractivity contribution in [2.45, 2.75) is 39.2 Å². The van der Waals surface area contributed by atoms with Crippen molar-refractivity contribution >= 4 is 11.8 Å². The number of thioether (sulfide) groups is 1. The predicted octanol–water partition coefficient (Wildman–Crippen LogP) is 3.07. The first-order chi connectivity index (χ1) is 6.31. The van der Waals surface area contributed by atoms with Crippen LogP contribution in [0.15, 0.2) is 12.7 Å². The molecule has 78 valence electrons. The predicted molar refractivity (Wildman–Crippen MR) is 64.5 cm³/mol. The van der Waals surface area contributed by atoms with Crippen LogP contribution in [0.25, 0.3) is 0 Å². The monoisotopic (exact) mass is 201 g/mol. The van der Waals surface area contributed by atoms with Gasteiger partial charge >= 0.3 is 0 Å². The first-order valence-electron chi connectivity index (χ1n) is 5.23. The van der Waals surface area contributed by atoms with E-state index in [-0.39, 0.29) is 0 Å². The van der Waals surface area contributed by atoms with Crippen molar-refractivity contribution in [1.82, 2.24) is 5.32 Å². The van der Waals surface area contributed by atoms with Crippen LogP contribution in [-0.4, -0.2) is 24.1 Å². The molecule has 1 nitrogen and oxygen atoms in total. The third-order valence-electron chi connectivity index (χ3n) is 1.98. The maximum absolute atomic E-state index is 3.71. The third kappa shape index (κ3) is 9.97. The number of hydrogen-bond donors (Lipinski definition) is 1. The van der Waals surface area contributed by atoms with Crippen molar-refractivity contribution in [3.63, 3.8) is 0 Å². The van der Waals surface area contributed by atoms with Gasteiger partial charge in [-0.05, 0) is 44.2 Å². The minimum Gasteiger partial charge on any atom is -0.314 e. The van der Waals surface area contributed by atoms with E-state index < -0.39 is 0 Å². The molecule has 0 aliphatic rings. The molecule has 0 spiro atoms. The summed E-state index contributed by atoms with van der Waals surface area (Å²) in [6.45, 7) is 9.32. The zero-order valence-electron chi connectivity index (χ0n) is 9.01. The minimum atomic E-state index is 0.670. The van der Waals surface area contributed by atoms with Gasteiger partial charge in [0.1, 0.15) is 0 Å². The fourth-order valence-corrected chi connectivity index (χ4v) is 1.91. The smallest absolute Gasteiger partial charge is 0.00465 e. The van der Waals surface area contributed by atoms with Crippen molar-refractivity contribution in [2.24, 2.45) is 0 Å². The highest BCUT2D eigenvalue weighted by molar-refractivity contribution is 7.99. The zero-order chi connectivity index (χ0) is 9.94. The number of rotatable bonds is 9. The van der Waals surface area contributed by atoms with Crippen molar-refractivity contribution < 1.29 is 0 Å². The summed E-state index contributed by atoms with van der Waals surface area (Å²) in [6.07, 6.45) is 5.62. The summed E-state index contributed by atoms with van der Waals surface area (Å²) < 4.78 is 0. The highest BCUT2D eigenvalue weighted by Gasteiger charge is 1.99. The van der Waals surface area contributed by atoms with Gasteiger partial charge in [-0.1, -0.05) is 13.0 Å². The first kappa shape index (κ1) is 13.1. The molecule has 0 radical (unpaired) electrons. The van der Waals surface area contributed by atoms with E-state index in [9.17, 15) is 0 Å². The molecule has 1 atom stereocenters. The van der Waals surface area contributed by atoms with Crippen LogP contribution >= 0.6 is 11.8 Å². The summed E-state index contributed by atoms with van der Waals surface area (Å²) in [6, 6.07) is 0.670. The number of hydrogen-bond acceptors (Lipinski definition) is 2. The second-order valence-electron chi connectivity index (χ2n) is 3.27. The third-order valence-corrected chi connectivity index (χ3v) is 2.91. The van der Waals surface area contributed by atoms with E-state index in [0.29, 0.717) is 6.04 Å². The summed E-state index contributed by atoms with van der Waals surface area (Å²) in [7, 11) is 0. The molecule has 1 N–H and O–H groups in total. The Labute approximate surface area is 87.4 Å². The molecule has 0 bridgehead atoms. The van der Waals surface area contributed by atoms with Crippen LogP contribution in [0.2, 0.25) is 0 Å². The Kier molecular flexibility index (Phi) is 10.2. The lowest BCUT2D eigenvalue weighted by Crippen LogP contribution is -2.27. The van der Waals surface area contributed by atoms with E-state index in [4.69, 9.17) is 0 Å². The molecule has 2 heteroatoms. The second-order valence-corrected chi connectivity index (χ2v) is 4.67. The van der Waals surface area contributed by atoms with Crippen LogP contribution in [0.4, 0.5) is 0 Å². The number of unbranched alkanes of at least 4 members (excludes halogenated alkanes) is 1. The molecule has 0 rings (SSSR count). The second kappa shape index (κ2) is 10.1. The molecule has 0 aliphatic heterocycles. The number of allylic oxidation sites excluding steroid dienone is 1. The van der Waals surface area contributed by atoms with Gasteiger partial charge in [0.2, 0.25) is 0 Å². The molecule has 0 aromatic carbocycles. The summed E-state index contributed by atoms with van der Waals surface area (Å²) in [5, 5.41) is 3.52. The Balaban J connectivity index is 3.09. The minimum absolute atomic E-state index is 0.670. The summed E-state index contributed by atoms with van der Waals surface area (Å²) in [5.74, 6) is 2.52. The van der Waals surface area contributed by atoms with E-state index >= 15 is 0 Å². The van der Waals surface area contributed by atoms with Crippen LogP contribution in [-0.2, 0) is 0 Å². The molecular weight excluding hydrogens is 178 g/mol. The van der Waals surface area contributed by atoms with Gasteiger partial charge in [0, 0.05) is 6.04 Å². The van der Waals surface area contributed by atoms with Gasteiger partial charge < -0.3 is 5.32 Å². The van der Waals surface area contributed by atoms with E-state index in [0.717, 1.165) is 13.0 Å². The van der Waals surface area contributed by atoms with Gasteiger partial charge in [0.15, 0.2) is 0 Å². The van der Waals surface area contributed by atoms with Gasteiger partial charge in [-0.2, -0.15) is 11.8 Å². The van der Waals surface area contributed by atoms with Gasteiger partial charge in [-0.25, -0.2) is 0 Å². The summed E-state index contributed by atoms with van der Waals surface area (Å²) in [5.41, 5.74) is 0. The molecule has 1 unspecified atom stereocenters. The lowest BCUT2D eigenvalue weighted by atomic mass is 10.2. The van der Waals surface area contributed by atoms with Crippen molar-refractivity contribution in [2.75, 3.05) is 18.1 Å². The standard InChI is InChI=1S/C11H23NS/c1-4-6-7-9-12-11(3)8-10-13-5-2/h4,11-12H,1,5-10H2,2-3H3. The van der Waals surface area contributed by atoms with Gasteiger partial charge in [-0.15, -0.1) is 6.58 Å². The molecular formula is C11H23NS. The van der Waals surface area contributed by atoms with Crippen LogP contribution in [0.3, 0.4) is 0 Å². The van der Waals surface area contributed by atoms with E-state index in [1.54, 1.807) is 0 Å². The molecule has 0 amide bonds. The Bertz CT molecular complexity index is 115. The fraction of sp³-hybridized carbons (Fsp3) is 0.818. The Morgan fingerprint density at radius 3 is 2.92 bits per heavy atom. The molecule has 0 aromatic heterocycles. The van der Waals surface area contributed by atoms with Crippen LogP contribution < -0.4 is 5.32 Å². The average Bonchev–Trinajstić information content (AvgIpc) is 2.13. The lowest BCUT2D eigenvalue weighted by molar-refractivity contribution is 0.529. The Morgan fingerprint density at radius 1 is 1.54 bits per heavy atom. The first-order valence-corrected chi connectivity index (χ1v) is 6.38. The normalized spacial score (nSPS) is 12.8. The molecule has 0 saturated carbocycles. The molecule has 13 heavy (non-hydrogen) atoms. The highest BCUT2D eigenvalue weighted by Crippen LogP contribution is 2.03. The van der Waals surface area contributed by atoms with Gasteiger partial charge in [0.05, 0.1) is 0 Å². The Morgan fingerprint density at radius 2 is 2.31 bits per heavy atom. The lowest BCUT2D eigenvalue weighted by Gasteiger charge is -2.12. The molecule has 0 heterocycles. The molecule has 0 aliphatic carbocycles. The maximum atomic E-state index is 3.71. The van der Waals surface area contributed by atoms with Crippen LogP contribution in [0.5, 0.6) is 0 Å². The van der Waals surface area contributed by atoms with Crippen molar-refractivity contribution in [3.8, 4) is 0 Å². The van der Waals surface area contributed by atoms with Crippen LogP contribution in [0, 0.1) is 0 Å². The van der Waals surface area contributed by atoms with Crippen molar-refractivity contribution in [3.05, 3.63) is 12.7 Å². The average molecular weight is 201 g/mol. The van der Waals surface area contributed by atoms with E-state index in [2.05, 4.69) is 25.7 Å². The van der Waals surface area contributed by atoms with Gasteiger partial charge in [-0.3, -0.25) is 0 Å². The zero-order valence-corrected chi connectivity index (χ0v) is 9.83. The summed E-state index contributed by atoms with van der Waals surface area (Å²) >= 11 is 2.02. The highest BCUT2D eigenvalue weighted by atomic mass is 32.2. The molecule has 0 aromatic rings. The van der Waals surface area contributed by atoms with Gasteiger partial charge in [0.25, 0.3) is 0 Å². The fourth-order valence-electron chi connectivity index (χ4n) is 1.10. The largest absolute Gasteiger partial charge is 0.314 e. The molecule has 0 saturated heterocycles.